The predicted octanol–water partition coefficient (Wildman–Crippen LogP) is 5.12. The van der Waals surface area contributed by atoms with E-state index in [1.54, 1.807) is 12.7 Å². The molecule has 0 amide bonds. The maximum Gasteiger partial charge on any atom is 0.162 e. The molecule has 0 atom stereocenters. The normalized spacial score (nSPS) is 14.5. The van der Waals surface area contributed by atoms with Gasteiger partial charge in [-0.2, -0.15) is 0 Å². The van der Waals surface area contributed by atoms with Crippen LogP contribution in [0.4, 0.5) is 0 Å². The fourth-order valence-electron chi connectivity index (χ4n) is 2.80. The summed E-state index contributed by atoms with van der Waals surface area (Å²) in [7, 11) is 1.66. The number of allylic oxidation sites excluding steroid dienone is 1. The van der Waals surface area contributed by atoms with Crippen molar-refractivity contribution in [1.82, 2.24) is 5.32 Å². The van der Waals surface area contributed by atoms with Crippen molar-refractivity contribution in [2.75, 3.05) is 20.3 Å². The topological polar surface area (TPSA) is 30.5 Å². The Morgan fingerprint density at radius 1 is 1.22 bits per heavy atom. The highest BCUT2D eigenvalue weighted by Gasteiger charge is 2.10. The molecule has 0 unspecified atom stereocenters. The van der Waals surface area contributed by atoms with E-state index < -0.39 is 0 Å². The van der Waals surface area contributed by atoms with Gasteiger partial charge in [0, 0.05) is 17.6 Å². The van der Waals surface area contributed by atoms with Gasteiger partial charge in [0.05, 0.1) is 13.7 Å². The minimum absolute atomic E-state index is 0.666. The minimum Gasteiger partial charge on any atom is -0.493 e. The Kier molecular flexibility index (Phi) is 7.77. The molecule has 0 fully saturated rings. The molecule has 0 heterocycles. The minimum atomic E-state index is 0.666. The summed E-state index contributed by atoms with van der Waals surface area (Å²) in [6.45, 7) is 4.47. The maximum atomic E-state index is 6.38. The van der Waals surface area contributed by atoms with Crippen LogP contribution >= 0.6 is 11.6 Å². The summed E-state index contributed by atoms with van der Waals surface area (Å²) in [5, 5.41) is 4.21. The van der Waals surface area contributed by atoms with Crippen LogP contribution in [0.3, 0.4) is 0 Å². The van der Waals surface area contributed by atoms with Crippen LogP contribution in [0.25, 0.3) is 0 Å². The number of rotatable bonds is 9. The molecule has 0 saturated carbocycles. The van der Waals surface area contributed by atoms with Crippen molar-refractivity contribution in [2.24, 2.45) is 0 Å². The van der Waals surface area contributed by atoms with Gasteiger partial charge < -0.3 is 14.8 Å². The Balaban J connectivity index is 1.87. The Bertz CT molecular complexity index is 528. The number of ether oxygens (including phenoxy) is 2. The van der Waals surface area contributed by atoms with E-state index in [0.29, 0.717) is 6.61 Å². The van der Waals surface area contributed by atoms with Crippen LogP contribution < -0.4 is 14.8 Å². The average Bonchev–Trinajstić information content (AvgIpc) is 2.59. The Labute approximate surface area is 145 Å². The van der Waals surface area contributed by atoms with Crippen LogP contribution in [0.2, 0.25) is 5.02 Å². The van der Waals surface area contributed by atoms with Crippen LogP contribution in [0.15, 0.2) is 23.8 Å². The Morgan fingerprint density at radius 2 is 2.09 bits per heavy atom. The number of hydrogen-bond donors (Lipinski definition) is 1. The predicted molar refractivity (Wildman–Crippen MR) is 96.7 cm³/mol. The van der Waals surface area contributed by atoms with Gasteiger partial charge in [0.15, 0.2) is 11.5 Å². The molecule has 0 bridgehead atoms. The zero-order valence-electron chi connectivity index (χ0n) is 14.3. The van der Waals surface area contributed by atoms with E-state index in [1.165, 1.54) is 25.7 Å². The van der Waals surface area contributed by atoms with Gasteiger partial charge in [0.1, 0.15) is 0 Å². The highest BCUT2D eigenvalue weighted by atomic mass is 35.5. The molecule has 4 heteroatoms. The van der Waals surface area contributed by atoms with Crippen molar-refractivity contribution in [3.05, 3.63) is 34.4 Å². The van der Waals surface area contributed by atoms with Crippen LogP contribution in [0, 0.1) is 0 Å². The third-order valence-electron chi connectivity index (χ3n) is 4.12. The first kappa shape index (κ1) is 18.2. The molecule has 1 aliphatic rings. The molecule has 23 heavy (non-hydrogen) atoms. The third kappa shape index (κ3) is 5.74. The van der Waals surface area contributed by atoms with Crippen LogP contribution in [0.5, 0.6) is 11.5 Å². The SMILES string of the molecule is CCCOc1cc(Cl)c(CNCCC2=CCCCC2)cc1OC. The van der Waals surface area contributed by atoms with Gasteiger partial charge in [-0.25, -0.2) is 0 Å². The summed E-state index contributed by atoms with van der Waals surface area (Å²) in [5.74, 6) is 1.46. The van der Waals surface area contributed by atoms with Crippen LogP contribution in [-0.4, -0.2) is 20.3 Å². The first-order valence-corrected chi connectivity index (χ1v) is 9.00. The molecule has 0 aromatic heterocycles. The molecule has 1 aliphatic carbocycles. The van der Waals surface area contributed by atoms with E-state index in [-0.39, 0.29) is 0 Å². The summed E-state index contributed by atoms with van der Waals surface area (Å²) < 4.78 is 11.1. The quantitative estimate of drug-likeness (QED) is 0.501. The van der Waals surface area contributed by atoms with Crippen molar-refractivity contribution < 1.29 is 9.47 Å². The smallest absolute Gasteiger partial charge is 0.162 e. The van der Waals surface area contributed by atoms with Gasteiger partial charge in [0.25, 0.3) is 0 Å². The molecule has 1 N–H and O–H groups in total. The highest BCUT2D eigenvalue weighted by Crippen LogP contribution is 2.33. The molecule has 128 valence electrons. The lowest BCUT2D eigenvalue weighted by molar-refractivity contribution is 0.294. The third-order valence-corrected chi connectivity index (χ3v) is 4.47. The lowest BCUT2D eigenvalue weighted by Crippen LogP contribution is -2.16. The second kappa shape index (κ2) is 9.84. The van der Waals surface area contributed by atoms with Crippen molar-refractivity contribution in [3.8, 4) is 11.5 Å². The molecule has 3 nitrogen and oxygen atoms in total. The first-order chi connectivity index (χ1) is 11.2. The van der Waals surface area contributed by atoms with Crippen molar-refractivity contribution in [2.45, 2.75) is 52.0 Å². The van der Waals surface area contributed by atoms with Crippen molar-refractivity contribution >= 4 is 11.6 Å². The molecular formula is C19H28ClNO2. The van der Waals surface area contributed by atoms with Gasteiger partial charge in [-0.3, -0.25) is 0 Å². The standard InChI is InChI=1S/C19H28ClNO2/c1-3-11-23-19-13-17(20)16(12-18(19)22-2)14-21-10-9-15-7-5-4-6-8-15/h7,12-13,21H,3-6,8-11,14H2,1-2H3. The van der Waals surface area contributed by atoms with Gasteiger partial charge >= 0.3 is 0 Å². The van der Waals surface area contributed by atoms with Gasteiger partial charge in [-0.1, -0.05) is 30.2 Å². The van der Waals surface area contributed by atoms with E-state index in [0.717, 1.165) is 48.0 Å². The largest absolute Gasteiger partial charge is 0.493 e. The molecule has 2 rings (SSSR count). The van der Waals surface area contributed by atoms with Gasteiger partial charge in [-0.05, 0) is 56.7 Å². The number of nitrogens with one attached hydrogen (secondary N) is 1. The summed E-state index contributed by atoms with van der Waals surface area (Å²) in [6, 6.07) is 3.83. The lowest BCUT2D eigenvalue weighted by Gasteiger charge is -2.15. The maximum absolute atomic E-state index is 6.38. The second-order valence-corrected chi connectivity index (χ2v) is 6.39. The monoisotopic (exact) mass is 337 g/mol. The molecule has 1 aromatic carbocycles. The van der Waals surface area contributed by atoms with E-state index in [4.69, 9.17) is 21.1 Å². The Morgan fingerprint density at radius 3 is 2.78 bits per heavy atom. The number of benzene rings is 1. The zero-order valence-corrected chi connectivity index (χ0v) is 15.0. The number of halogens is 1. The molecular weight excluding hydrogens is 310 g/mol. The molecule has 0 aliphatic heterocycles. The fraction of sp³-hybridized carbons (Fsp3) is 0.579. The van der Waals surface area contributed by atoms with Crippen molar-refractivity contribution in [1.29, 1.82) is 0 Å². The number of methoxy groups -OCH3 is 1. The number of hydrogen-bond acceptors (Lipinski definition) is 3. The zero-order chi connectivity index (χ0) is 16.5. The van der Waals surface area contributed by atoms with E-state index >= 15 is 0 Å². The molecule has 0 spiro atoms. The van der Waals surface area contributed by atoms with Crippen LogP contribution in [0.1, 0.15) is 51.0 Å². The lowest BCUT2D eigenvalue weighted by atomic mass is 9.97. The van der Waals surface area contributed by atoms with Crippen LogP contribution in [-0.2, 0) is 6.54 Å². The average molecular weight is 338 g/mol. The van der Waals surface area contributed by atoms with Gasteiger partial charge in [-0.15, -0.1) is 0 Å². The van der Waals surface area contributed by atoms with E-state index in [2.05, 4.69) is 18.3 Å². The summed E-state index contributed by atoms with van der Waals surface area (Å²) in [6.07, 6.45) is 9.69. The first-order valence-electron chi connectivity index (χ1n) is 8.62. The second-order valence-electron chi connectivity index (χ2n) is 5.98. The van der Waals surface area contributed by atoms with Crippen molar-refractivity contribution in [3.63, 3.8) is 0 Å². The summed E-state index contributed by atoms with van der Waals surface area (Å²) in [5.41, 5.74) is 2.64. The summed E-state index contributed by atoms with van der Waals surface area (Å²) in [4.78, 5) is 0. The molecule has 0 saturated heterocycles. The van der Waals surface area contributed by atoms with E-state index in [9.17, 15) is 0 Å². The van der Waals surface area contributed by atoms with Gasteiger partial charge in [0.2, 0.25) is 0 Å². The van der Waals surface area contributed by atoms with E-state index in [1.807, 2.05) is 12.1 Å². The Hall–Kier alpha value is -1.19. The molecule has 1 aromatic rings. The fourth-order valence-corrected chi connectivity index (χ4v) is 3.02. The highest BCUT2D eigenvalue weighted by molar-refractivity contribution is 6.31. The molecule has 0 radical (unpaired) electrons. The summed E-state index contributed by atoms with van der Waals surface area (Å²) >= 11 is 6.38.